The highest BCUT2D eigenvalue weighted by Crippen LogP contribution is 2.34. The minimum atomic E-state index is -4.54. The Kier molecular flexibility index (Phi) is 5.32. The van der Waals surface area contributed by atoms with E-state index in [0.717, 1.165) is 6.07 Å². The van der Waals surface area contributed by atoms with Crippen LogP contribution in [0, 0.1) is 0 Å². The molecule has 7 nitrogen and oxygen atoms in total. The zero-order chi connectivity index (χ0) is 18.6. The van der Waals surface area contributed by atoms with Crippen LogP contribution < -0.4 is 21.9 Å². The smallest absolute Gasteiger partial charge is 0.417 e. The predicted molar refractivity (Wildman–Crippen MR) is 87.9 cm³/mol. The first-order valence-electron chi connectivity index (χ1n) is 6.59. The third-order valence-electron chi connectivity index (χ3n) is 2.67. The summed E-state index contributed by atoms with van der Waals surface area (Å²) in [6.45, 7) is 0. The normalized spacial score (nSPS) is 11.9. The fraction of sp³-hybridized carbons (Fsp3) is 0.0714. The number of nitrogens with zero attached hydrogens (tertiary/aromatic N) is 3. The number of hydrogen-bond acceptors (Lipinski definition) is 3. The molecule has 0 saturated carbocycles. The number of rotatable bonds is 3. The molecule has 0 radical (unpaired) electrons. The number of hydrogen-bond donors (Lipinski definition) is 3. The predicted octanol–water partition coefficient (Wildman–Crippen LogP) is 2.77. The largest absolute Gasteiger partial charge is 0.438 e. The molecule has 0 aliphatic rings. The highest BCUT2D eigenvalue weighted by molar-refractivity contribution is 6.31. The molecule has 0 aliphatic heterocycles. The minimum absolute atomic E-state index is 0.138. The van der Waals surface area contributed by atoms with Gasteiger partial charge in [0, 0.05) is 6.20 Å². The minimum Gasteiger partial charge on any atom is -0.438 e. The summed E-state index contributed by atoms with van der Waals surface area (Å²) in [6, 6.07) is 6.79. The average molecular weight is 373 g/mol. The van der Waals surface area contributed by atoms with Crippen LogP contribution in [0.25, 0.3) is 0 Å². The van der Waals surface area contributed by atoms with Crippen LogP contribution in [0.1, 0.15) is 5.56 Å². The Labute approximate surface area is 145 Å². The number of guanidine groups is 2. The summed E-state index contributed by atoms with van der Waals surface area (Å²) in [5.74, 6) is -0.246. The molecule has 1 aromatic heterocycles. The molecule has 0 bridgehead atoms. The number of ether oxygens (including phenoxy) is 1. The van der Waals surface area contributed by atoms with Crippen LogP contribution in [0.15, 0.2) is 46.5 Å². The van der Waals surface area contributed by atoms with E-state index in [1.54, 1.807) is 0 Å². The zero-order valence-electron chi connectivity index (χ0n) is 12.5. The standard InChI is InChI=1S/C14H12ClF3N6O/c15-10-5-7(14(16,17)18)6-22-11(10)25-9-3-1-8(2-4-9)23-13(21)24-12(19)20/h1-6H,(H6,19,20,21,23,24). The number of benzene rings is 1. The molecule has 0 spiro atoms. The van der Waals surface area contributed by atoms with Crippen LogP contribution in [0.2, 0.25) is 5.02 Å². The molecule has 0 atom stereocenters. The average Bonchev–Trinajstić information content (AvgIpc) is 2.49. The van der Waals surface area contributed by atoms with Gasteiger partial charge < -0.3 is 21.9 Å². The lowest BCUT2D eigenvalue weighted by molar-refractivity contribution is -0.137. The number of halogens is 4. The maximum atomic E-state index is 12.6. The van der Waals surface area contributed by atoms with Crippen molar-refractivity contribution in [3.63, 3.8) is 0 Å². The fourth-order valence-corrected chi connectivity index (χ4v) is 1.85. The van der Waals surface area contributed by atoms with Gasteiger partial charge in [-0.15, -0.1) is 0 Å². The zero-order valence-corrected chi connectivity index (χ0v) is 13.2. The lowest BCUT2D eigenvalue weighted by Gasteiger charge is -2.10. The first-order valence-corrected chi connectivity index (χ1v) is 6.97. The third-order valence-corrected chi connectivity index (χ3v) is 2.94. The van der Waals surface area contributed by atoms with Gasteiger partial charge in [-0.3, -0.25) is 0 Å². The highest BCUT2D eigenvalue weighted by atomic mass is 35.5. The maximum Gasteiger partial charge on any atom is 0.417 e. The Morgan fingerprint density at radius 3 is 2.28 bits per heavy atom. The lowest BCUT2D eigenvalue weighted by atomic mass is 10.3. The van der Waals surface area contributed by atoms with Crippen molar-refractivity contribution in [2.45, 2.75) is 6.18 Å². The molecule has 2 aromatic rings. The summed E-state index contributed by atoms with van der Waals surface area (Å²) in [4.78, 5) is 11.1. The van der Waals surface area contributed by atoms with Gasteiger partial charge in [-0.2, -0.15) is 18.2 Å². The Morgan fingerprint density at radius 2 is 1.76 bits per heavy atom. The van der Waals surface area contributed by atoms with Crippen LogP contribution in [0.5, 0.6) is 11.6 Å². The Morgan fingerprint density at radius 1 is 1.12 bits per heavy atom. The van der Waals surface area contributed by atoms with Crippen molar-refractivity contribution in [3.05, 3.63) is 47.1 Å². The van der Waals surface area contributed by atoms with Crippen molar-refractivity contribution in [2.24, 2.45) is 27.2 Å². The SMILES string of the molecule is NC(N)=NC(N)=Nc1ccc(Oc2ncc(C(F)(F)F)cc2Cl)cc1. The van der Waals surface area contributed by atoms with Gasteiger partial charge in [-0.05, 0) is 30.3 Å². The first-order chi connectivity index (χ1) is 11.6. The molecule has 0 amide bonds. The van der Waals surface area contributed by atoms with E-state index in [-0.39, 0.29) is 28.6 Å². The maximum absolute atomic E-state index is 12.6. The third kappa shape index (κ3) is 5.24. The van der Waals surface area contributed by atoms with E-state index in [4.69, 9.17) is 33.5 Å². The molecule has 11 heteroatoms. The van der Waals surface area contributed by atoms with Crippen molar-refractivity contribution in [1.82, 2.24) is 4.98 Å². The molecule has 0 saturated heterocycles. The highest BCUT2D eigenvalue weighted by Gasteiger charge is 2.31. The van der Waals surface area contributed by atoms with E-state index in [1.807, 2.05) is 0 Å². The number of aliphatic imine (C=N–C) groups is 2. The quantitative estimate of drug-likeness (QED) is 0.564. The number of alkyl halides is 3. The van der Waals surface area contributed by atoms with Crippen LogP contribution in [0.4, 0.5) is 18.9 Å². The number of aromatic nitrogens is 1. The van der Waals surface area contributed by atoms with E-state index in [2.05, 4.69) is 15.0 Å². The van der Waals surface area contributed by atoms with Gasteiger partial charge in [0.2, 0.25) is 11.8 Å². The van der Waals surface area contributed by atoms with E-state index in [0.29, 0.717) is 11.9 Å². The van der Waals surface area contributed by atoms with Crippen LogP contribution >= 0.6 is 11.6 Å². The Hall–Kier alpha value is -3.01. The van der Waals surface area contributed by atoms with Gasteiger partial charge in [0.15, 0.2) is 5.96 Å². The fourth-order valence-electron chi connectivity index (χ4n) is 1.65. The first kappa shape index (κ1) is 18.3. The second-order valence-electron chi connectivity index (χ2n) is 4.61. The lowest BCUT2D eigenvalue weighted by Crippen LogP contribution is -2.26. The number of pyridine rings is 1. The molecule has 25 heavy (non-hydrogen) atoms. The molecular weight excluding hydrogens is 361 g/mol. The molecular formula is C14H12ClF3N6O. The van der Waals surface area contributed by atoms with Gasteiger partial charge in [0.1, 0.15) is 10.8 Å². The monoisotopic (exact) mass is 372 g/mol. The summed E-state index contributed by atoms with van der Waals surface area (Å²) < 4.78 is 43.0. The summed E-state index contributed by atoms with van der Waals surface area (Å²) in [6.07, 6.45) is -3.90. The summed E-state index contributed by atoms with van der Waals surface area (Å²) in [5.41, 5.74) is 15.3. The van der Waals surface area contributed by atoms with Gasteiger partial charge in [-0.25, -0.2) is 9.98 Å². The van der Waals surface area contributed by atoms with E-state index >= 15 is 0 Å². The van der Waals surface area contributed by atoms with Crippen molar-refractivity contribution in [1.29, 1.82) is 0 Å². The summed E-state index contributed by atoms with van der Waals surface area (Å²) >= 11 is 5.77. The van der Waals surface area contributed by atoms with Crippen molar-refractivity contribution >= 4 is 29.2 Å². The molecule has 1 aromatic carbocycles. The summed E-state index contributed by atoms with van der Waals surface area (Å²) in [5, 5.41) is -0.270. The molecule has 0 aliphatic carbocycles. The van der Waals surface area contributed by atoms with Crippen LogP contribution in [0.3, 0.4) is 0 Å². The topological polar surface area (TPSA) is 125 Å². The van der Waals surface area contributed by atoms with E-state index in [1.165, 1.54) is 24.3 Å². The Balaban J connectivity index is 2.15. The van der Waals surface area contributed by atoms with Gasteiger partial charge in [-0.1, -0.05) is 11.6 Å². The Bertz CT molecular complexity index is 816. The molecule has 0 fully saturated rings. The molecule has 132 valence electrons. The second kappa shape index (κ2) is 7.26. The van der Waals surface area contributed by atoms with Crippen molar-refractivity contribution in [2.75, 3.05) is 0 Å². The van der Waals surface area contributed by atoms with Crippen LogP contribution in [-0.4, -0.2) is 16.9 Å². The van der Waals surface area contributed by atoms with Crippen LogP contribution in [-0.2, 0) is 6.18 Å². The molecule has 6 N–H and O–H groups in total. The van der Waals surface area contributed by atoms with Crippen molar-refractivity contribution in [3.8, 4) is 11.6 Å². The van der Waals surface area contributed by atoms with Gasteiger partial charge >= 0.3 is 6.18 Å². The van der Waals surface area contributed by atoms with E-state index < -0.39 is 11.7 Å². The molecule has 2 rings (SSSR count). The summed E-state index contributed by atoms with van der Waals surface area (Å²) in [7, 11) is 0. The number of nitrogens with two attached hydrogens (primary N) is 3. The van der Waals surface area contributed by atoms with Gasteiger partial charge in [0.25, 0.3) is 0 Å². The van der Waals surface area contributed by atoms with Gasteiger partial charge in [0.05, 0.1) is 11.3 Å². The second-order valence-corrected chi connectivity index (χ2v) is 5.02. The molecule has 0 unspecified atom stereocenters. The van der Waals surface area contributed by atoms with Crippen molar-refractivity contribution < 1.29 is 17.9 Å². The van der Waals surface area contributed by atoms with E-state index in [9.17, 15) is 13.2 Å². The molecule has 1 heterocycles.